The van der Waals surface area contributed by atoms with Crippen molar-refractivity contribution < 1.29 is 44.7 Å². The van der Waals surface area contributed by atoms with Gasteiger partial charge in [-0.1, -0.05) is 0 Å². The molecule has 0 saturated carbocycles. The number of aliphatic hydroxyl groups is 3. The zero-order valence-electron chi connectivity index (χ0n) is 4.98. The Balaban J connectivity index is 2.36. The Labute approximate surface area is 68.4 Å². The van der Waals surface area contributed by atoms with E-state index in [1.807, 2.05) is 0 Å². The average Bonchev–Trinajstić information content (AvgIpc) is 1.88. The van der Waals surface area contributed by atoms with Crippen LogP contribution in [-0.2, 0) is 7.80 Å². The summed E-state index contributed by atoms with van der Waals surface area (Å²) in [5.41, 5.74) is 0. The van der Waals surface area contributed by atoms with Crippen LogP contribution in [0.3, 0.4) is 0 Å². The van der Waals surface area contributed by atoms with Gasteiger partial charge in [-0.05, 0) is 0 Å². The van der Waals surface area contributed by atoms with E-state index in [4.69, 9.17) is 18.4 Å². The van der Waals surface area contributed by atoms with Crippen LogP contribution in [0, 0.1) is 0 Å². The predicted molar refractivity (Wildman–Crippen MR) is 25.1 cm³/mol. The fourth-order valence-corrected chi connectivity index (χ4v) is 1.96. The third-order valence-electron chi connectivity index (χ3n) is 0.992. The molecule has 0 spiro atoms. The number of hydrogen-bond acceptors (Lipinski definition) is 5. The van der Waals surface area contributed by atoms with E-state index < -0.39 is 38.3 Å². The van der Waals surface area contributed by atoms with Crippen molar-refractivity contribution in [3.8, 4) is 0 Å². The quantitative estimate of drug-likeness (QED) is 0.326. The van der Waals surface area contributed by atoms with Crippen LogP contribution in [0.4, 0.5) is 0 Å². The van der Waals surface area contributed by atoms with Crippen LogP contribution < -0.4 is 21.6 Å². The first-order valence-electron chi connectivity index (χ1n) is 2.65. The van der Waals surface area contributed by atoms with E-state index in [0.29, 0.717) is 0 Å². The van der Waals surface area contributed by atoms with Crippen LogP contribution in [0.25, 0.3) is 0 Å². The zero-order valence-corrected chi connectivity index (χ0v) is 7.13. The Bertz CT molecular complexity index is 110. The van der Waals surface area contributed by atoms with E-state index in [1.165, 1.54) is 0 Å². The van der Waals surface area contributed by atoms with E-state index >= 15 is 0 Å². The molecule has 0 amide bonds. The van der Waals surface area contributed by atoms with Crippen LogP contribution in [0.2, 0.25) is 0 Å². The SMILES string of the molecule is OCC1O[I-]C(O)OC1O. The first-order valence-corrected chi connectivity index (χ1v) is 4.78. The van der Waals surface area contributed by atoms with Crippen LogP contribution in [0.1, 0.15) is 0 Å². The van der Waals surface area contributed by atoms with Crippen molar-refractivity contribution in [1.29, 1.82) is 0 Å². The van der Waals surface area contributed by atoms with Crippen molar-refractivity contribution in [1.82, 2.24) is 0 Å². The molecule has 0 aliphatic carbocycles. The molecule has 10 heavy (non-hydrogen) atoms. The summed E-state index contributed by atoms with van der Waals surface area (Å²) in [6, 6.07) is 0. The maximum atomic E-state index is 8.89. The molecule has 0 aromatic carbocycles. The molecule has 5 nitrogen and oxygen atoms in total. The third kappa shape index (κ3) is 2.01. The number of alkyl halides is 1. The molecule has 1 heterocycles. The third-order valence-corrected chi connectivity index (χ3v) is 2.67. The monoisotopic (exact) mass is 263 g/mol. The number of rotatable bonds is 1. The van der Waals surface area contributed by atoms with Gasteiger partial charge in [-0.25, -0.2) is 0 Å². The molecule has 1 saturated heterocycles. The summed E-state index contributed by atoms with van der Waals surface area (Å²) < 4.78 is 8.48. The standard InChI is InChI=1S/C4H8IO5/c6-1-2-3(7)9-4(8)5-10-2/h2-4,6-8H,1H2/q-1. The molecular formula is C4H8IO5-. The molecular weight excluding hydrogens is 255 g/mol. The molecule has 0 bridgehead atoms. The molecule has 1 rings (SSSR count). The summed E-state index contributed by atoms with van der Waals surface area (Å²) in [4.78, 5) is 0. The van der Waals surface area contributed by atoms with E-state index in [-0.39, 0.29) is 6.61 Å². The van der Waals surface area contributed by atoms with Crippen molar-refractivity contribution in [2.24, 2.45) is 0 Å². The average molecular weight is 263 g/mol. The van der Waals surface area contributed by atoms with E-state index in [2.05, 4.69) is 4.74 Å². The van der Waals surface area contributed by atoms with E-state index in [0.717, 1.165) is 0 Å². The number of hydrogen-bond donors (Lipinski definition) is 3. The number of ether oxygens (including phenoxy) is 1. The zero-order chi connectivity index (χ0) is 7.56. The fourth-order valence-electron chi connectivity index (χ4n) is 0.496. The molecule has 0 aromatic rings. The normalized spacial score (nSPS) is 42.5. The predicted octanol–water partition coefficient (Wildman–Crippen LogP) is -5.01. The van der Waals surface area contributed by atoms with Gasteiger partial charge in [-0.15, -0.1) is 0 Å². The van der Waals surface area contributed by atoms with Gasteiger partial charge >= 0.3 is 68.0 Å². The van der Waals surface area contributed by atoms with Gasteiger partial charge in [0.05, 0.1) is 0 Å². The number of halogens is 1. The van der Waals surface area contributed by atoms with Gasteiger partial charge in [-0.3, -0.25) is 0 Å². The second-order valence-corrected chi connectivity index (χ2v) is 3.80. The molecule has 1 aliphatic rings. The van der Waals surface area contributed by atoms with Crippen molar-refractivity contribution >= 4 is 0 Å². The van der Waals surface area contributed by atoms with Crippen molar-refractivity contribution in [2.75, 3.05) is 6.61 Å². The molecule has 3 unspecified atom stereocenters. The summed E-state index contributed by atoms with van der Waals surface area (Å²) in [5, 5.41) is 26.2. The minimum atomic E-state index is -1.20. The van der Waals surface area contributed by atoms with Gasteiger partial charge < -0.3 is 0 Å². The minimum absolute atomic E-state index is 0.284. The van der Waals surface area contributed by atoms with E-state index in [9.17, 15) is 0 Å². The second kappa shape index (κ2) is 3.79. The maximum absolute atomic E-state index is 8.89. The summed E-state index contributed by atoms with van der Waals surface area (Å²) >= 11 is -0.908. The van der Waals surface area contributed by atoms with Crippen molar-refractivity contribution in [3.05, 3.63) is 0 Å². The molecule has 1 aliphatic heterocycles. The van der Waals surface area contributed by atoms with Crippen LogP contribution in [0.15, 0.2) is 0 Å². The first-order chi connectivity index (χ1) is 4.74. The summed E-state index contributed by atoms with van der Waals surface area (Å²) in [5.74, 6) is 0. The molecule has 6 heteroatoms. The van der Waals surface area contributed by atoms with Gasteiger partial charge in [0.25, 0.3) is 0 Å². The Hall–Kier alpha value is 0.530. The van der Waals surface area contributed by atoms with Crippen molar-refractivity contribution in [3.63, 3.8) is 0 Å². The molecule has 62 valence electrons. The van der Waals surface area contributed by atoms with Gasteiger partial charge in [0, 0.05) is 0 Å². The molecule has 0 radical (unpaired) electrons. The van der Waals surface area contributed by atoms with Crippen LogP contribution >= 0.6 is 0 Å². The Morgan fingerprint density at radius 2 is 2.10 bits per heavy atom. The van der Waals surface area contributed by atoms with Gasteiger partial charge in [-0.2, -0.15) is 0 Å². The molecule has 3 atom stereocenters. The second-order valence-electron chi connectivity index (χ2n) is 1.72. The van der Waals surface area contributed by atoms with Crippen molar-refractivity contribution in [2.45, 2.75) is 16.7 Å². The van der Waals surface area contributed by atoms with Crippen LogP contribution in [0.5, 0.6) is 0 Å². The molecule has 1 fully saturated rings. The van der Waals surface area contributed by atoms with Gasteiger partial charge in [0.15, 0.2) is 0 Å². The topological polar surface area (TPSA) is 79.2 Å². The molecule has 0 aromatic heterocycles. The van der Waals surface area contributed by atoms with Gasteiger partial charge in [0.1, 0.15) is 0 Å². The van der Waals surface area contributed by atoms with Gasteiger partial charge in [0.2, 0.25) is 0 Å². The van der Waals surface area contributed by atoms with E-state index in [1.54, 1.807) is 0 Å². The summed E-state index contributed by atoms with van der Waals surface area (Å²) in [7, 11) is 0. The summed E-state index contributed by atoms with van der Waals surface area (Å²) in [6.45, 7) is -0.284. The first kappa shape index (κ1) is 8.62. The molecule has 3 N–H and O–H groups in total. The Kier molecular flexibility index (Phi) is 3.27. The Morgan fingerprint density at radius 3 is 2.60 bits per heavy atom. The summed E-state index contributed by atoms with van der Waals surface area (Å²) in [6.07, 6.45) is -1.88. The Morgan fingerprint density at radius 1 is 1.40 bits per heavy atom. The number of aliphatic hydroxyl groups excluding tert-OH is 3. The van der Waals surface area contributed by atoms with Crippen LogP contribution in [-0.4, -0.2) is 38.6 Å². The fraction of sp³-hybridized carbons (Fsp3) is 1.00.